The van der Waals surface area contributed by atoms with Gasteiger partial charge >= 0.3 is 12.1 Å². The van der Waals surface area contributed by atoms with Gasteiger partial charge in [0.25, 0.3) is 5.91 Å². The van der Waals surface area contributed by atoms with Crippen molar-refractivity contribution >= 4 is 40.9 Å². The molecule has 0 radical (unpaired) electrons. The van der Waals surface area contributed by atoms with Gasteiger partial charge in [-0.05, 0) is 43.3 Å². The number of carbonyl (C=O) groups excluding carboxylic acids is 3. The van der Waals surface area contributed by atoms with Gasteiger partial charge in [0.2, 0.25) is 0 Å². The van der Waals surface area contributed by atoms with Crippen LogP contribution in [-0.2, 0) is 14.3 Å². The van der Waals surface area contributed by atoms with Crippen LogP contribution in [0.1, 0.15) is 17.3 Å². The molecule has 2 rings (SSSR count). The smallest absolute Gasteiger partial charge is 0.411 e. The summed E-state index contributed by atoms with van der Waals surface area (Å²) in [6, 6.07) is 12.7. The Kier molecular flexibility index (Phi) is 6.99. The average Bonchev–Trinajstić information content (AvgIpc) is 2.60. The van der Waals surface area contributed by atoms with Gasteiger partial charge in [-0.2, -0.15) is 0 Å². The van der Waals surface area contributed by atoms with Crippen LogP contribution >= 0.6 is 11.6 Å². The molecule has 0 fully saturated rings. The number of nitrogens with one attached hydrogen (secondary N) is 2. The summed E-state index contributed by atoms with van der Waals surface area (Å²) in [5.41, 5.74) is 1.07. The zero-order valence-corrected chi connectivity index (χ0v) is 14.7. The number of benzene rings is 2. The number of halogens is 1. The third-order valence-electron chi connectivity index (χ3n) is 3.06. The number of amides is 2. The minimum Gasteiger partial charge on any atom is -0.452 e. The lowest BCUT2D eigenvalue weighted by Gasteiger charge is -2.08. The number of carbonyl (C=O) groups is 3. The highest BCUT2D eigenvalue weighted by Crippen LogP contribution is 2.15. The van der Waals surface area contributed by atoms with E-state index in [1.165, 1.54) is 12.1 Å². The molecule has 0 spiro atoms. The minimum atomic E-state index is -0.696. The van der Waals surface area contributed by atoms with Gasteiger partial charge in [0.05, 0.1) is 12.2 Å². The van der Waals surface area contributed by atoms with Crippen molar-refractivity contribution in [2.24, 2.45) is 0 Å². The first-order chi connectivity index (χ1) is 12.5. The number of ether oxygens (including phenoxy) is 2. The van der Waals surface area contributed by atoms with Crippen LogP contribution in [-0.4, -0.2) is 31.2 Å². The molecule has 0 aliphatic carbocycles. The van der Waals surface area contributed by atoms with Crippen molar-refractivity contribution < 1.29 is 23.9 Å². The molecule has 0 heterocycles. The molecule has 0 saturated carbocycles. The van der Waals surface area contributed by atoms with Crippen molar-refractivity contribution in [3.8, 4) is 0 Å². The van der Waals surface area contributed by atoms with E-state index < -0.39 is 24.6 Å². The lowest BCUT2D eigenvalue weighted by Crippen LogP contribution is -2.21. The van der Waals surface area contributed by atoms with Gasteiger partial charge in [-0.1, -0.05) is 23.7 Å². The van der Waals surface area contributed by atoms with E-state index in [4.69, 9.17) is 21.1 Å². The molecule has 0 bridgehead atoms. The Bertz CT molecular complexity index is 810. The first-order valence-corrected chi connectivity index (χ1v) is 8.12. The normalized spacial score (nSPS) is 9.92. The van der Waals surface area contributed by atoms with Gasteiger partial charge in [-0.25, -0.2) is 9.59 Å². The first-order valence-electron chi connectivity index (χ1n) is 7.74. The summed E-state index contributed by atoms with van der Waals surface area (Å²) in [7, 11) is 0. The third-order valence-corrected chi connectivity index (χ3v) is 3.30. The van der Waals surface area contributed by atoms with Crippen molar-refractivity contribution in [1.29, 1.82) is 0 Å². The number of hydrogen-bond donors (Lipinski definition) is 2. The molecule has 8 heteroatoms. The Morgan fingerprint density at radius 1 is 0.962 bits per heavy atom. The van der Waals surface area contributed by atoms with Crippen LogP contribution in [0.3, 0.4) is 0 Å². The van der Waals surface area contributed by atoms with Gasteiger partial charge in [-0.15, -0.1) is 0 Å². The van der Waals surface area contributed by atoms with E-state index in [1.807, 2.05) is 0 Å². The molecule has 0 aliphatic heterocycles. The second-order valence-corrected chi connectivity index (χ2v) is 5.50. The highest BCUT2D eigenvalue weighted by atomic mass is 35.5. The van der Waals surface area contributed by atoms with E-state index >= 15 is 0 Å². The lowest BCUT2D eigenvalue weighted by molar-refractivity contribution is -0.119. The van der Waals surface area contributed by atoms with Crippen LogP contribution in [0.5, 0.6) is 0 Å². The molecule has 2 aromatic rings. The molecule has 0 aliphatic rings. The second kappa shape index (κ2) is 9.43. The molecule has 0 aromatic heterocycles. The molecule has 0 saturated heterocycles. The number of rotatable bonds is 6. The second-order valence-electron chi connectivity index (χ2n) is 5.06. The molecule has 2 N–H and O–H groups in total. The lowest BCUT2D eigenvalue weighted by atomic mass is 10.2. The summed E-state index contributed by atoms with van der Waals surface area (Å²) >= 11 is 5.83. The van der Waals surface area contributed by atoms with Gasteiger partial charge < -0.3 is 14.8 Å². The maximum Gasteiger partial charge on any atom is 0.411 e. The van der Waals surface area contributed by atoms with E-state index in [1.54, 1.807) is 43.3 Å². The summed E-state index contributed by atoms with van der Waals surface area (Å²) < 4.78 is 9.73. The van der Waals surface area contributed by atoms with Gasteiger partial charge in [0.15, 0.2) is 6.61 Å². The molecule has 26 heavy (non-hydrogen) atoms. The Labute approximate surface area is 155 Å². The van der Waals surface area contributed by atoms with Gasteiger partial charge in [0.1, 0.15) is 0 Å². The summed E-state index contributed by atoms with van der Waals surface area (Å²) in [5, 5.41) is 5.52. The van der Waals surface area contributed by atoms with Crippen molar-refractivity contribution in [3.63, 3.8) is 0 Å². The average molecular weight is 377 g/mol. The summed E-state index contributed by atoms with van der Waals surface area (Å²) in [4.78, 5) is 35.3. The third kappa shape index (κ3) is 6.10. The fraction of sp³-hybridized carbons (Fsp3) is 0.167. The number of hydrogen-bond acceptors (Lipinski definition) is 5. The minimum absolute atomic E-state index is 0.190. The SMILES string of the molecule is CCOC(=O)Nc1cccc(C(=O)OCC(=O)Nc2cccc(Cl)c2)c1. The van der Waals surface area contributed by atoms with Crippen molar-refractivity contribution in [2.75, 3.05) is 23.8 Å². The molecule has 0 atom stereocenters. The van der Waals surface area contributed by atoms with Crippen LogP contribution in [0, 0.1) is 0 Å². The molecular formula is C18H17ClN2O5. The van der Waals surface area contributed by atoms with Crippen molar-refractivity contribution in [2.45, 2.75) is 6.92 Å². The molecular weight excluding hydrogens is 360 g/mol. The summed E-state index contributed by atoms with van der Waals surface area (Å²) in [6.45, 7) is 1.46. The molecule has 136 valence electrons. The van der Waals surface area contributed by atoms with Gasteiger partial charge in [0, 0.05) is 16.4 Å². The van der Waals surface area contributed by atoms with E-state index in [2.05, 4.69) is 10.6 Å². The standard InChI is InChI=1S/C18H17ClN2O5/c1-2-25-18(24)21-14-7-3-5-12(9-14)17(23)26-11-16(22)20-15-8-4-6-13(19)10-15/h3-10H,2,11H2,1H3,(H,20,22)(H,21,24). The van der Waals surface area contributed by atoms with Crippen molar-refractivity contribution in [3.05, 3.63) is 59.1 Å². The van der Waals surface area contributed by atoms with Crippen LogP contribution in [0.2, 0.25) is 5.02 Å². The highest BCUT2D eigenvalue weighted by Gasteiger charge is 2.12. The zero-order chi connectivity index (χ0) is 18.9. The fourth-order valence-corrected chi connectivity index (χ4v) is 2.18. The van der Waals surface area contributed by atoms with E-state index in [0.717, 1.165) is 0 Å². The number of anilines is 2. The van der Waals surface area contributed by atoms with Crippen molar-refractivity contribution in [1.82, 2.24) is 0 Å². The van der Waals surface area contributed by atoms with E-state index in [-0.39, 0.29) is 12.2 Å². The highest BCUT2D eigenvalue weighted by molar-refractivity contribution is 6.30. The largest absolute Gasteiger partial charge is 0.452 e. The predicted octanol–water partition coefficient (Wildman–Crippen LogP) is 3.70. The Morgan fingerprint density at radius 3 is 2.35 bits per heavy atom. The molecule has 7 nitrogen and oxygen atoms in total. The maximum absolute atomic E-state index is 12.1. The molecule has 2 aromatic carbocycles. The Balaban J connectivity index is 1.89. The quantitative estimate of drug-likeness (QED) is 0.749. The predicted molar refractivity (Wildman–Crippen MR) is 97.5 cm³/mol. The summed E-state index contributed by atoms with van der Waals surface area (Å²) in [6.07, 6.45) is -0.626. The van der Waals surface area contributed by atoms with Crippen LogP contribution in [0.4, 0.5) is 16.2 Å². The zero-order valence-electron chi connectivity index (χ0n) is 14.0. The van der Waals surface area contributed by atoms with Crippen LogP contribution in [0.25, 0.3) is 0 Å². The monoisotopic (exact) mass is 376 g/mol. The van der Waals surface area contributed by atoms with Crippen LogP contribution < -0.4 is 10.6 Å². The molecule has 2 amide bonds. The summed E-state index contributed by atoms with van der Waals surface area (Å²) in [5.74, 6) is -1.19. The maximum atomic E-state index is 12.1. The van der Waals surface area contributed by atoms with E-state index in [0.29, 0.717) is 16.4 Å². The fourth-order valence-electron chi connectivity index (χ4n) is 1.99. The van der Waals surface area contributed by atoms with E-state index in [9.17, 15) is 14.4 Å². The first kappa shape index (κ1) is 19.3. The van der Waals surface area contributed by atoms with Crippen LogP contribution in [0.15, 0.2) is 48.5 Å². The Hall–Kier alpha value is -3.06. The number of esters is 1. The Morgan fingerprint density at radius 2 is 1.65 bits per heavy atom. The topological polar surface area (TPSA) is 93.7 Å². The molecule has 0 unspecified atom stereocenters. The van der Waals surface area contributed by atoms with Gasteiger partial charge in [-0.3, -0.25) is 10.1 Å².